The quantitative estimate of drug-likeness (QED) is 0.117. The van der Waals surface area contributed by atoms with Crippen LogP contribution in [-0.4, -0.2) is 27.0 Å². The molecule has 0 radical (unpaired) electrons. The molecule has 11 nitrogen and oxygen atoms in total. The molecule has 196 valence electrons. The second-order valence-electron chi connectivity index (χ2n) is 8.13. The van der Waals surface area contributed by atoms with Gasteiger partial charge in [0.1, 0.15) is 0 Å². The first-order valence-electron chi connectivity index (χ1n) is 10.8. The maximum atomic E-state index is 11.8. The summed E-state index contributed by atoms with van der Waals surface area (Å²) in [6.45, 7) is 14.2. The zero-order chi connectivity index (χ0) is 28.6. The third-order valence-electron chi connectivity index (χ3n) is 5.50. The van der Waals surface area contributed by atoms with Crippen molar-refractivity contribution >= 4 is 40.1 Å². The molecular formula is C25H28ClN5O6. The number of hydrogen-bond donors (Lipinski definition) is 2. The number of guanidine groups is 1. The predicted molar refractivity (Wildman–Crippen MR) is 143 cm³/mol. The van der Waals surface area contributed by atoms with Gasteiger partial charge in [0.15, 0.2) is 5.96 Å². The molecule has 0 aliphatic carbocycles. The molecule has 0 spiro atoms. The minimum atomic E-state index is -0.705. The topological polar surface area (TPSA) is 185 Å². The molecule has 4 N–H and O–H groups in total. The molecule has 0 aliphatic rings. The molecule has 0 saturated carbocycles. The van der Waals surface area contributed by atoms with E-state index < -0.39 is 21.0 Å². The standard InChI is InChI=1S/C13H16N4O3.C12H12ClNO3/c1-4-7(2)9-5-8(3)10(6-11(9)17(19)20)12(18)16-13(14)15;1-4-7(2)9-5-8(3)10(12(13)15)6-11(9)14(16)17/h4-7H,1H2,2-3H3,(H4,14,15,16,18);4-7H,1H2,2-3H3. The van der Waals surface area contributed by atoms with Crippen molar-refractivity contribution in [3.05, 3.63) is 103 Å². The van der Waals surface area contributed by atoms with Crippen molar-refractivity contribution in [2.24, 2.45) is 16.5 Å². The molecule has 2 unspecified atom stereocenters. The molecule has 0 saturated heterocycles. The van der Waals surface area contributed by atoms with Crippen molar-refractivity contribution in [3.8, 4) is 0 Å². The number of carbonyl (C=O) groups excluding carboxylic acids is 2. The largest absolute Gasteiger partial charge is 0.370 e. The Labute approximate surface area is 218 Å². The zero-order valence-electron chi connectivity index (χ0n) is 20.9. The lowest BCUT2D eigenvalue weighted by atomic mass is 9.94. The van der Waals surface area contributed by atoms with E-state index in [2.05, 4.69) is 18.2 Å². The summed E-state index contributed by atoms with van der Waals surface area (Å²) < 4.78 is 0. The van der Waals surface area contributed by atoms with Crippen molar-refractivity contribution in [1.29, 1.82) is 0 Å². The fraction of sp³-hybridized carbons (Fsp3) is 0.240. The Morgan fingerprint density at radius 3 is 1.59 bits per heavy atom. The van der Waals surface area contributed by atoms with Crippen molar-refractivity contribution < 1.29 is 19.4 Å². The Kier molecular flexibility index (Phi) is 10.8. The van der Waals surface area contributed by atoms with Gasteiger partial charge in [0, 0.05) is 40.7 Å². The normalized spacial score (nSPS) is 11.7. The Bertz CT molecular complexity index is 1300. The summed E-state index contributed by atoms with van der Waals surface area (Å²) >= 11 is 5.37. The average molecular weight is 530 g/mol. The second-order valence-corrected chi connectivity index (χ2v) is 8.47. The fourth-order valence-electron chi connectivity index (χ4n) is 3.36. The molecule has 0 fully saturated rings. The van der Waals surface area contributed by atoms with Crippen LogP contribution in [0.1, 0.15) is 68.7 Å². The first-order valence-corrected chi connectivity index (χ1v) is 11.2. The lowest BCUT2D eigenvalue weighted by Gasteiger charge is -2.10. The highest BCUT2D eigenvalue weighted by Gasteiger charge is 2.23. The van der Waals surface area contributed by atoms with Gasteiger partial charge in [0.2, 0.25) is 0 Å². The van der Waals surface area contributed by atoms with Gasteiger partial charge in [-0.15, -0.1) is 13.2 Å². The number of nitrogens with zero attached hydrogens (tertiary/aromatic N) is 3. The number of rotatable bonds is 8. The van der Waals surface area contributed by atoms with Gasteiger partial charge in [-0.05, 0) is 48.7 Å². The molecule has 2 rings (SSSR count). The molecule has 2 aromatic rings. The second kappa shape index (κ2) is 13.1. The van der Waals surface area contributed by atoms with Crippen LogP contribution in [0.5, 0.6) is 0 Å². The van der Waals surface area contributed by atoms with Crippen molar-refractivity contribution in [2.75, 3.05) is 0 Å². The predicted octanol–water partition coefficient (Wildman–Crippen LogP) is 5.18. The Balaban J connectivity index is 0.000000375. The molecule has 37 heavy (non-hydrogen) atoms. The number of hydrogen-bond acceptors (Lipinski definition) is 6. The van der Waals surface area contributed by atoms with Gasteiger partial charge in [0.25, 0.3) is 22.5 Å². The van der Waals surface area contributed by atoms with E-state index in [0.29, 0.717) is 22.3 Å². The van der Waals surface area contributed by atoms with E-state index in [9.17, 15) is 29.8 Å². The minimum Gasteiger partial charge on any atom is -0.370 e. The van der Waals surface area contributed by atoms with Crippen LogP contribution in [0.3, 0.4) is 0 Å². The summed E-state index contributed by atoms with van der Waals surface area (Å²) in [7, 11) is 0. The number of allylic oxidation sites excluding steroid dienone is 2. The van der Waals surface area contributed by atoms with E-state index >= 15 is 0 Å². The van der Waals surface area contributed by atoms with E-state index in [-0.39, 0.29) is 40.3 Å². The van der Waals surface area contributed by atoms with Crippen LogP contribution in [0.25, 0.3) is 0 Å². The van der Waals surface area contributed by atoms with Crippen LogP contribution in [-0.2, 0) is 0 Å². The lowest BCUT2D eigenvalue weighted by molar-refractivity contribution is -0.385. The van der Waals surface area contributed by atoms with Gasteiger partial charge >= 0.3 is 0 Å². The summed E-state index contributed by atoms with van der Waals surface area (Å²) in [6, 6.07) is 5.61. The lowest BCUT2D eigenvalue weighted by Crippen LogP contribution is -2.24. The van der Waals surface area contributed by atoms with Crippen molar-refractivity contribution in [3.63, 3.8) is 0 Å². The number of nitro benzene ring substituents is 2. The molecule has 2 aromatic carbocycles. The Hall–Kier alpha value is -4.38. The number of aliphatic imine (C=N–C) groups is 1. The number of amides is 1. The third kappa shape index (κ3) is 7.80. The Morgan fingerprint density at radius 1 is 0.892 bits per heavy atom. The van der Waals surface area contributed by atoms with Gasteiger partial charge in [-0.2, -0.15) is 4.99 Å². The maximum Gasteiger partial charge on any atom is 0.280 e. The number of nitrogens with two attached hydrogens (primary N) is 2. The monoisotopic (exact) mass is 529 g/mol. The minimum absolute atomic E-state index is 0.102. The fourth-order valence-corrected chi connectivity index (χ4v) is 3.56. The Morgan fingerprint density at radius 2 is 1.27 bits per heavy atom. The zero-order valence-corrected chi connectivity index (χ0v) is 21.6. The van der Waals surface area contributed by atoms with E-state index in [4.69, 9.17) is 23.1 Å². The average Bonchev–Trinajstić information content (AvgIpc) is 2.81. The van der Waals surface area contributed by atoms with Crippen molar-refractivity contribution in [1.82, 2.24) is 0 Å². The smallest absolute Gasteiger partial charge is 0.280 e. The van der Waals surface area contributed by atoms with Crippen LogP contribution in [0.4, 0.5) is 11.4 Å². The van der Waals surface area contributed by atoms with Crippen molar-refractivity contribution in [2.45, 2.75) is 39.5 Å². The summed E-state index contributed by atoms with van der Waals surface area (Å²) in [5.41, 5.74) is 12.5. The highest BCUT2D eigenvalue weighted by atomic mass is 35.5. The molecule has 0 aliphatic heterocycles. The SMILES string of the molecule is C=CC(C)c1cc(C)c(C(=O)Cl)cc1[N+](=O)[O-].C=CC(C)c1cc(C)c(C(=O)N=C(N)N)cc1[N+](=O)[O-]. The third-order valence-corrected chi connectivity index (χ3v) is 5.71. The highest BCUT2D eigenvalue weighted by molar-refractivity contribution is 6.68. The molecule has 1 amide bonds. The van der Waals surface area contributed by atoms with Crippen LogP contribution >= 0.6 is 11.6 Å². The summed E-state index contributed by atoms with van der Waals surface area (Å²) in [4.78, 5) is 47.3. The first-order chi connectivity index (χ1) is 17.2. The number of nitro groups is 2. The molecule has 0 aromatic heterocycles. The number of benzene rings is 2. The molecular weight excluding hydrogens is 502 g/mol. The molecule has 0 bridgehead atoms. The van der Waals surface area contributed by atoms with Crippen LogP contribution in [0.15, 0.2) is 54.6 Å². The van der Waals surface area contributed by atoms with E-state index in [0.717, 1.165) is 0 Å². The van der Waals surface area contributed by atoms with Crippen LogP contribution in [0.2, 0.25) is 0 Å². The molecule has 2 atom stereocenters. The number of aryl methyl sites for hydroxylation is 2. The molecule has 12 heteroatoms. The number of carbonyl (C=O) groups is 2. The highest BCUT2D eigenvalue weighted by Crippen LogP contribution is 2.32. The van der Waals surface area contributed by atoms with Gasteiger partial charge < -0.3 is 11.5 Å². The van der Waals surface area contributed by atoms with E-state index in [1.54, 1.807) is 52.0 Å². The van der Waals surface area contributed by atoms with Crippen LogP contribution < -0.4 is 11.5 Å². The summed E-state index contributed by atoms with van der Waals surface area (Å²) in [6.07, 6.45) is 3.21. The van der Waals surface area contributed by atoms with Crippen LogP contribution in [0, 0.1) is 34.1 Å². The number of halogens is 1. The maximum absolute atomic E-state index is 11.8. The molecule has 0 heterocycles. The summed E-state index contributed by atoms with van der Waals surface area (Å²) in [5, 5.41) is 21.4. The van der Waals surface area contributed by atoms with Gasteiger partial charge in [-0.25, -0.2) is 0 Å². The van der Waals surface area contributed by atoms with Gasteiger partial charge in [-0.3, -0.25) is 29.8 Å². The van der Waals surface area contributed by atoms with E-state index in [1.165, 1.54) is 12.1 Å². The van der Waals surface area contributed by atoms with Gasteiger partial charge in [0.05, 0.1) is 15.4 Å². The first kappa shape index (κ1) is 30.7. The summed E-state index contributed by atoms with van der Waals surface area (Å²) in [5.74, 6) is -1.46. The van der Waals surface area contributed by atoms with E-state index in [1.807, 2.05) is 0 Å². The van der Waals surface area contributed by atoms with Gasteiger partial charge in [-0.1, -0.05) is 26.0 Å².